The van der Waals surface area contributed by atoms with Crippen LogP contribution in [0.25, 0.3) is 10.9 Å². The number of hydrogen-bond donors (Lipinski definition) is 0. The molecular formula is C22H23FN2O4. The van der Waals surface area contributed by atoms with E-state index in [0.29, 0.717) is 12.1 Å². The first-order valence-corrected chi connectivity index (χ1v) is 9.24. The number of esters is 1. The summed E-state index contributed by atoms with van der Waals surface area (Å²) in [4.78, 5) is 25.6. The van der Waals surface area contributed by atoms with E-state index in [9.17, 15) is 14.0 Å². The van der Waals surface area contributed by atoms with Crippen LogP contribution in [0.4, 0.5) is 4.39 Å². The summed E-state index contributed by atoms with van der Waals surface area (Å²) in [6.07, 6.45) is 2.09. The molecule has 3 rings (SSSR count). The second-order valence-electron chi connectivity index (χ2n) is 6.70. The molecule has 1 heterocycles. The van der Waals surface area contributed by atoms with E-state index in [2.05, 4.69) is 0 Å². The maximum absolute atomic E-state index is 13.8. The number of benzene rings is 2. The fraction of sp³-hybridized carbons (Fsp3) is 0.273. The molecule has 0 bridgehead atoms. The van der Waals surface area contributed by atoms with Gasteiger partial charge < -0.3 is 18.9 Å². The Balaban J connectivity index is 1.45. The number of ether oxygens (including phenoxy) is 2. The monoisotopic (exact) mass is 398 g/mol. The van der Waals surface area contributed by atoms with E-state index in [1.165, 1.54) is 24.1 Å². The number of hydrogen-bond acceptors (Lipinski definition) is 4. The van der Waals surface area contributed by atoms with Gasteiger partial charge in [0.25, 0.3) is 5.91 Å². The maximum atomic E-state index is 13.8. The summed E-state index contributed by atoms with van der Waals surface area (Å²) in [5, 5.41) is 1.10. The van der Waals surface area contributed by atoms with Crippen molar-refractivity contribution in [2.75, 3.05) is 20.8 Å². The average molecular weight is 398 g/mol. The van der Waals surface area contributed by atoms with Crippen LogP contribution >= 0.6 is 0 Å². The van der Waals surface area contributed by atoms with Gasteiger partial charge in [-0.1, -0.05) is 24.3 Å². The van der Waals surface area contributed by atoms with Crippen molar-refractivity contribution in [1.29, 1.82) is 0 Å². The number of amides is 1. The number of aromatic nitrogens is 1. The highest BCUT2D eigenvalue weighted by atomic mass is 19.1. The molecule has 7 heteroatoms. The lowest BCUT2D eigenvalue weighted by Crippen LogP contribution is -2.31. The van der Waals surface area contributed by atoms with Gasteiger partial charge in [0.15, 0.2) is 18.2 Å². The van der Waals surface area contributed by atoms with E-state index in [0.717, 1.165) is 10.9 Å². The number of likely N-dealkylation sites (N-methyl/N-ethyl adjacent to an activating group) is 1. The van der Waals surface area contributed by atoms with Gasteiger partial charge >= 0.3 is 5.97 Å². The number of nitrogens with zero attached hydrogens (tertiary/aromatic N) is 2. The Morgan fingerprint density at radius 3 is 2.69 bits per heavy atom. The van der Waals surface area contributed by atoms with E-state index in [-0.39, 0.29) is 31.2 Å². The van der Waals surface area contributed by atoms with Crippen LogP contribution in [0.15, 0.2) is 54.7 Å². The number of halogens is 1. The first kappa shape index (κ1) is 20.4. The lowest BCUT2D eigenvalue weighted by molar-refractivity contribution is -0.151. The van der Waals surface area contributed by atoms with Gasteiger partial charge in [-0.15, -0.1) is 0 Å². The van der Waals surface area contributed by atoms with Crippen LogP contribution in [0.5, 0.6) is 5.75 Å². The summed E-state index contributed by atoms with van der Waals surface area (Å²) in [6, 6.07) is 14.4. The van der Waals surface area contributed by atoms with Crippen molar-refractivity contribution in [2.24, 2.45) is 0 Å². The summed E-state index contributed by atoms with van der Waals surface area (Å²) >= 11 is 0. The molecule has 0 spiro atoms. The molecule has 29 heavy (non-hydrogen) atoms. The molecule has 3 aromatic rings. The summed E-state index contributed by atoms with van der Waals surface area (Å²) < 4.78 is 25.7. The lowest BCUT2D eigenvalue weighted by atomic mass is 10.2. The molecule has 0 N–H and O–H groups in total. The fourth-order valence-electron chi connectivity index (χ4n) is 3.04. The minimum absolute atomic E-state index is 0.145. The average Bonchev–Trinajstić information content (AvgIpc) is 3.13. The van der Waals surface area contributed by atoms with Crippen LogP contribution in [-0.2, 0) is 27.4 Å². The number of methoxy groups -OCH3 is 1. The van der Waals surface area contributed by atoms with Gasteiger partial charge in [0, 0.05) is 31.9 Å². The molecule has 6 nitrogen and oxygen atoms in total. The van der Waals surface area contributed by atoms with Crippen molar-refractivity contribution < 1.29 is 23.5 Å². The first-order valence-electron chi connectivity index (χ1n) is 9.24. The number of carbonyl (C=O) groups excluding carboxylic acids is 2. The Hall–Kier alpha value is -3.35. The molecule has 0 radical (unpaired) electrons. The van der Waals surface area contributed by atoms with E-state index in [4.69, 9.17) is 9.47 Å². The van der Waals surface area contributed by atoms with E-state index < -0.39 is 11.8 Å². The Labute approximate surface area is 168 Å². The Bertz CT molecular complexity index is 1010. The predicted octanol–water partition coefficient (Wildman–Crippen LogP) is 3.38. The van der Waals surface area contributed by atoms with Gasteiger partial charge in [0.1, 0.15) is 0 Å². The largest absolute Gasteiger partial charge is 0.494 e. The van der Waals surface area contributed by atoms with Crippen molar-refractivity contribution in [1.82, 2.24) is 9.47 Å². The third kappa shape index (κ3) is 5.13. The highest BCUT2D eigenvalue weighted by Crippen LogP contribution is 2.18. The molecule has 0 atom stereocenters. The van der Waals surface area contributed by atoms with Crippen LogP contribution in [0, 0.1) is 5.82 Å². The molecule has 0 aliphatic heterocycles. The first-order chi connectivity index (χ1) is 14.0. The zero-order valence-electron chi connectivity index (χ0n) is 16.4. The summed E-state index contributed by atoms with van der Waals surface area (Å²) in [6.45, 7) is 0.328. The highest BCUT2D eigenvalue weighted by molar-refractivity contribution is 5.81. The van der Waals surface area contributed by atoms with Gasteiger partial charge in [-0.2, -0.15) is 0 Å². The van der Waals surface area contributed by atoms with Gasteiger partial charge in [-0.05, 0) is 35.2 Å². The SMILES string of the molecule is COc1ccc(CN(C)C(=O)COC(=O)CCn2ccc3ccccc32)cc1F. The molecule has 0 saturated carbocycles. The lowest BCUT2D eigenvalue weighted by Gasteiger charge is -2.17. The van der Waals surface area contributed by atoms with Crippen molar-refractivity contribution in [2.45, 2.75) is 19.5 Å². The fourth-order valence-corrected chi connectivity index (χ4v) is 3.04. The Morgan fingerprint density at radius 2 is 1.93 bits per heavy atom. The van der Waals surface area contributed by atoms with Crippen molar-refractivity contribution in [3.05, 3.63) is 66.1 Å². The predicted molar refractivity (Wildman–Crippen MR) is 107 cm³/mol. The quantitative estimate of drug-likeness (QED) is 0.546. The van der Waals surface area contributed by atoms with Gasteiger partial charge in [-0.25, -0.2) is 4.39 Å². The molecule has 0 aliphatic carbocycles. The standard InChI is InChI=1S/C22H23FN2O4/c1-24(14-16-7-8-20(28-2)18(23)13-16)21(26)15-29-22(27)10-12-25-11-9-17-5-3-4-6-19(17)25/h3-9,11,13H,10,12,14-15H2,1-2H3. The second kappa shape index (κ2) is 9.23. The van der Waals surface area contributed by atoms with Crippen molar-refractivity contribution in [3.63, 3.8) is 0 Å². The highest BCUT2D eigenvalue weighted by Gasteiger charge is 2.14. The van der Waals surface area contributed by atoms with Gasteiger partial charge in [-0.3, -0.25) is 9.59 Å². The molecule has 1 aromatic heterocycles. The maximum Gasteiger partial charge on any atom is 0.308 e. The van der Waals surface area contributed by atoms with Crippen LogP contribution in [-0.4, -0.2) is 42.1 Å². The molecule has 0 unspecified atom stereocenters. The van der Waals surface area contributed by atoms with Gasteiger partial charge in [0.2, 0.25) is 0 Å². The molecule has 0 saturated heterocycles. The molecule has 0 fully saturated rings. The number of rotatable bonds is 8. The summed E-state index contributed by atoms with van der Waals surface area (Å²) in [7, 11) is 2.96. The van der Waals surface area contributed by atoms with Crippen LogP contribution < -0.4 is 4.74 Å². The van der Waals surface area contributed by atoms with Crippen molar-refractivity contribution >= 4 is 22.8 Å². The molecule has 1 amide bonds. The smallest absolute Gasteiger partial charge is 0.308 e. The van der Waals surface area contributed by atoms with Crippen molar-refractivity contribution in [3.8, 4) is 5.75 Å². The topological polar surface area (TPSA) is 60.8 Å². The molecule has 2 aromatic carbocycles. The summed E-state index contributed by atoms with van der Waals surface area (Å²) in [5.41, 5.74) is 1.66. The number of aryl methyl sites for hydroxylation is 1. The minimum atomic E-state index is -0.491. The van der Waals surface area contributed by atoms with Crippen LogP contribution in [0.3, 0.4) is 0 Å². The number of carbonyl (C=O) groups is 2. The Morgan fingerprint density at radius 1 is 1.14 bits per heavy atom. The number of para-hydroxylation sites is 1. The third-order valence-corrected chi connectivity index (χ3v) is 4.66. The minimum Gasteiger partial charge on any atom is -0.494 e. The second-order valence-corrected chi connectivity index (χ2v) is 6.70. The van der Waals surface area contributed by atoms with Crippen LogP contribution in [0.1, 0.15) is 12.0 Å². The zero-order valence-corrected chi connectivity index (χ0v) is 16.4. The van der Waals surface area contributed by atoms with Crippen LogP contribution in [0.2, 0.25) is 0 Å². The normalized spacial score (nSPS) is 10.7. The zero-order chi connectivity index (χ0) is 20.8. The Kier molecular flexibility index (Phi) is 6.49. The van der Waals surface area contributed by atoms with Gasteiger partial charge in [0.05, 0.1) is 13.5 Å². The van der Waals surface area contributed by atoms with E-state index >= 15 is 0 Å². The number of fused-ring (bicyclic) bond motifs is 1. The molecule has 152 valence electrons. The van der Waals surface area contributed by atoms with E-state index in [1.807, 2.05) is 41.1 Å². The molecular weight excluding hydrogens is 375 g/mol. The van der Waals surface area contributed by atoms with E-state index in [1.54, 1.807) is 13.1 Å². The summed E-state index contributed by atoms with van der Waals surface area (Å²) in [5.74, 6) is -1.15. The molecule has 0 aliphatic rings. The third-order valence-electron chi connectivity index (χ3n) is 4.66.